The topological polar surface area (TPSA) is 59.2 Å². The van der Waals surface area contributed by atoms with Crippen LogP contribution in [-0.2, 0) is 0 Å². The molecule has 0 bridgehead atoms. The molecule has 6 heteroatoms. The molecule has 1 aliphatic heterocycles. The molecule has 4 nitrogen and oxygen atoms in total. The van der Waals surface area contributed by atoms with Gasteiger partial charge in [-0.05, 0) is 37.6 Å². The van der Waals surface area contributed by atoms with Crippen LogP contribution in [0.5, 0.6) is 0 Å². The van der Waals surface area contributed by atoms with E-state index in [4.69, 9.17) is 5.73 Å². The Bertz CT molecular complexity index is 606. The minimum atomic E-state index is 0.00431. The fourth-order valence-corrected chi connectivity index (χ4v) is 4.40. The van der Waals surface area contributed by atoms with Gasteiger partial charge < -0.3 is 10.6 Å². The Hall–Kier alpha value is -1.24. The van der Waals surface area contributed by atoms with Crippen molar-refractivity contribution < 1.29 is 4.79 Å². The molecule has 2 aromatic heterocycles. The van der Waals surface area contributed by atoms with Crippen LogP contribution in [0.2, 0.25) is 0 Å². The van der Waals surface area contributed by atoms with E-state index in [0.29, 0.717) is 5.69 Å². The standard InChI is InChI=1S/C15H19N3OS2/c1-10(16)12-5-2-3-7-18(12)15(19)11-9-21-14(17-11)13-6-4-8-20-13/h4,6,8-10,12H,2-3,5,7,16H2,1H3. The average Bonchev–Trinajstić information content (AvgIpc) is 3.17. The van der Waals surface area contributed by atoms with Gasteiger partial charge in [0.25, 0.3) is 5.91 Å². The van der Waals surface area contributed by atoms with Crippen molar-refractivity contribution in [3.8, 4) is 9.88 Å². The number of nitrogens with zero attached hydrogens (tertiary/aromatic N) is 2. The first-order chi connectivity index (χ1) is 10.2. The largest absolute Gasteiger partial charge is 0.333 e. The van der Waals surface area contributed by atoms with Crippen LogP contribution in [-0.4, -0.2) is 34.4 Å². The second kappa shape index (κ2) is 6.25. The van der Waals surface area contributed by atoms with Gasteiger partial charge in [-0.15, -0.1) is 22.7 Å². The summed E-state index contributed by atoms with van der Waals surface area (Å²) in [5, 5.41) is 4.81. The number of likely N-dealkylation sites (tertiary alicyclic amines) is 1. The van der Waals surface area contributed by atoms with Crippen molar-refractivity contribution in [3.63, 3.8) is 0 Å². The van der Waals surface area contributed by atoms with Gasteiger partial charge in [-0.25, -0.2) is 4.98 Å². The molecule has 0 aromatic carbocycles. The molecule has 1 aliphatic rings. The molecule has 1 amide bonds. The second-order valence-electron chi connectivity index (χ2n) is 5.44. The van der Waals surface area contributed by atoms with Crippen molar-refractivity contribution in [2.24, 2.45) is 5.73 Å². The maximum atomic E-state index is 12.7. The van der Waals surface area contributed by atoms with E-state index in [-0.39, 0.29) is 18.0 Å². The third-order valence-corrected chi connectivity index (χ3v) is 5.75. The Morgan fingerprint density at radius 1 is 1.48 bits per heavy atom. The third kappa shape index (κ3) is 3.02. The number of carbonyl (C=O) groups excluding carboxylic acids is 1. The van der Waals surface area contributed by atoms with Gasteiger partial charge in [0.1, 0.15) is 10.7 Å². The fourth-order valence-electron chi connectivity index (χ4n) is 2.79. The number of thiophene rings is 1. The summed E-state index contributed by atoms with van der Waals surface area (Å²) in [5.74, 6) is 0.0241. The third-order valence-electron chi connectivity index (χ3n) is 3.87. The van der Waals surface area contributed by atoms with Crippen LogP contribution in [0.15, 0.2) is 22.9 Å². The number of piperidine rings is 1. The molecule has 21 heavy (non-hydrogen) atoms. The van der Waals surface area contributed by atoms with E-state index < -0.39 is 0 Å². The van der Waals surface area contributed by atoms with Gasteiger partial charge in [0.05, 0.1) is 4.88 Å². The van der Waals surface area contributed by atoms with E-state index in [1.807, 2.05) is 34.7 Å². The maximum Gasteiger partial charge on any atom is 0.273 e. The van der Waals surface area contributed by atoms with Gasteiger partial charge in [-0.3, -0.25) is 4.79 Å². The van der Waals surface area contributed by atoms with Crippen molar-refractivity contribution in [2.45, 2.75) is 38.3 Å². The predicted octanol–water partition coefficient (Wildman–Crippen LogP) is 3.21. The summed E-state index contributed by atoms with van der Waals surface area (Å²) >= 11 is 3.17. The highest BCUT2D eigenvalue weighted by Crippen LogP contribution is 2.29. The zero-order chi connectivity index (χ0) is 14.8. The minimum absolute atomic E-state index is 0.00431. The first kappa shape index (κ1) is 14.7. The van der Waals surface area contributed by atoms with E-state index >= 15 is 0 Å². The number of hydrogen-bond donors (Lipinski definition) is 1. The summed E-state index contributed by atoms with van der Waals surface area (Å²) in [6.45, 7) is 2.77. The molecule has 0 aliphatic carbocycles. The van der Waals surface area contributed by atoms with E-state index in [2.05, 4.69) is 4.98 Å². The molecule has 1 saturated heterocycles. The molecule has 2 unspecified atom stereocenters. The Morgan fingerprint density at radius 3 is 3.05 bits per heavy atom. The van der Waals surface area contributed by atoms with E-state index in [1.54, 1.807) is 11.3 Å². The molecule has 2 aromatic rings. The van der Waals surface area contributed by atoms with Crippen molar-refractivity contribution >= 4 is 28.6 Å². The predicted molar refractivity (Wildman–Crippen MR) is 87.8 cm³/mol. The summed E-state index contributed by atoms with van der Waals surface area (Å²) in [4.78, 5) is 20.3. The number of rotatable bonds is 3. The van der Waals surface area contributed by atoms with Crippen LogP contribution in [0.1, 0.15) is 36.7 Å². The summed E-state index contributed by atoms with van der Waals surface area (Å²) in [6, 6.07) is 4.17. The number of carbonyl (C=O) groups is 1. The van der Waals surface area contributed by atoms with Crippen molar-refractivity contribution in [3.05, 3.63) is 28.6 Å². The van der Waals surface area contributed by atoms with Gasteiger partial charge in [0, 0.05) is 24.0 Å². The summed E-state index contributed by atoms with van der Waals surface area (Å²) in [7, 11) is 0. The molecule has 2 N–H and O–H groups in total. The van der Waals surface area contributed by atoms with E-state index in [1.165, 1.54) is 11.3 Å². The lowest BCUT2D eigenvalue weighted by Crippen LogP contribution is -2.51. The average molecular weight is 321 g/mol. The van der Waals surface area contributed by atoms with Crippen LogP contribution in [0.4, 0.5) is 0 Å². The minimum Gasteiger partial charge on any atom is -0.333 e. The van der Waals surface area contributed by atoms with Crippen molar-refractivity contribution in [2.75, 3.05) is 6.54 Å². The van der Waals surface area contributed by atoms with Crippen molar-refractivity contribution in [1.82, 2.24) is 9.88 Å². The number of nitrogens with two attached hydrogens (primary N) is 1. The number of hydrogen-bond acceptors (Lipinski definition) is 5. The maximum absolute atomic E-state index is 12.7. The van der Waals surface area contributed by atoms with Crippen LogP contribution in [0, 0.1) is 0 Å². The molecule has 2 atom stereocenters. The second-order valence-corrected chi connectivity index (χ2v) is 7.24. The highest BCUT2D eigenvalue weighted by molar-refractivity contribution is 7.20. The van der Waals surface area contributed by atoms with Crippen molar-refractivity contribution in [1.29, 1.82) is 0 Å². The van der Waals surface area contributed by atoms with Crippen LogP contribution >= 0.6 is 22.7 Å². The molecule has 3 heterocycles. The quantitative estimate of drug-likeness (QED) is 0.944. The molecule has 112 valence electrons. The Labute approximate surface area is 132 Å². The van der Waals surface area contributed by atoms with Crippen LogP contribution in [0.25, 0.3) is 9.88 Å². The molecular weight excluding hydrogens is 302 g/mol. The Morgan fingerprint density at radius 2 is 2.33 bits per heavy atom. The van der Waals surface area contributed by atoms with Gasteiger partial charge in [0.15, 0.2) is 0 Å². The number of thiazole rings is 1. The molecule has 0 saturated carbocycles. The Kier molecular flexibility index (Phi) is 4.37. The molecule has 1 fully saturated rings. The summed E-state index contributed by atoms with van der Waals surface area (Å²) in [6.07, 6.45) is 3.19. The zero-order valence-electron chi connectivity index (χ0n) is 12.0. The lowest BCUT2D eigenvalue weighted by atomic mass is 9.96. The van der Waals surface area contributed by atoms with E-state index in [0.717, 1.165) is 35.7 Å². The number of amides is 1. The highest BCUT2D eigenvalue weighted by Gasteiger charge is 2.31. The monoisotopic (exact) mass is 321 g/mol. The smallest absolute Gasteiger partial charge is 0.273 e. The Balaban J connectivity index is 1.81. The lowest BCUT2D eigenvalue weighted by molar-refractivity contribution is 0.0578. The molecule has 3 rings (SSSR count). The van der Waals surface area contributed by atoms with Gasteiger partial charge in [-0.1, -0.05) is 6.07 Å². The van der Waals surface area contributed by atoms with Gasteiger partial charge >= 0.3 is 0 Å². The lowest BCUT2D eigenvalue weighted by Gasteiger charge is -2.37. The van der Waals surface area contributed by atoms with Crippen LogP contribution < -0.4 is 5.73 Å². The fraction of sp³-hybridized carbons (Fsp3) is 0.467. The number of aromatic nitrogens is 1. The first-order valence-corrected chi connectivity index (χ1v) is 8.98. The molecular formula is C15H19N3OS2. The van der Waals surface area contributed by atoms with Crippen LogP contribution in [0.3, 0.4) is 0 Å². The van der Waals surface area contributed by atoms with Gasteiger partial charge in [0.2, 0.25) is 0 Å². The highest BCUT2D eigenvalue weighted by atomic mass is 32.1. The van der Waals surface area contributed by atoms with Gasteiger partial charge in [-0.2, -0.15) is 0 Å². The molecule has 0 radical (unpaired) electrons. The zero-order valence-corrected chi connectivity index (χ0v) is 13.6. The first-order valence-electron chi connectivity index (χ1n) is 7.23. The summed E-state index contributed by atoms with van der Waals surface area (Å²) < 4.78 is 0. The molecule has 0 spiro atoms. The normalized spacial score (nSPS) is 20.5. The summed E-state index contributed by atoms with van der Waals surface area (Å²) in [5.41, 5.74) is 6.60. The van der Waals surface area contributed by atoms with E-state index in [9.17, 15) is 4.79 Å². The SMILES string of the molecule is CC(N)C1CCCCN1C(=O)c1csc(-c2cccs2)n1.